The predicted octanol–water partition coefficient (Wildman–Crippen LogP) is 4.03. The Kier molecular flexibility index (Phi) is 9.16. The number of piperazine rings is 1. The molecule has 1 atom stereocenters. The van der Waals surface area contributed by atoms with Crippen LogP contribution in [0.4, 0.5) is 8.78 Å². The van der Waals surface area contributed by atoms with Gasteiger partial charge in [0.25, 0.3) is 0 Å². The standard InChI is InChI=1S/C16H22F2N2.2ClH/c1-11(2)10-14(20-8-6-19-7-9-20)15-13(17)5-4-12(3)16(15)18;;/h4-5,14,19H,1,6-10H2,2-3H3;2*1H/t14-;;/m0../s1. The van der Waals surface area contributed by atoms with Crippen molar-refractivity contribution in [2.45, 2.75) is 26.3 Å². The van der Waals surface area contributed by atoms with Crippen LogP contribution in [-0.4, -0.2) is 31.1 Å². The quantitative estimate of drug-likeness (QED) is 0.823. The van der Waals surface area contributed by atoms with Gasteiger partial charge in [0.1, 0.15) is 11.6 Å². The SMILES string of the molecule is C=C(C)C[C@@H](c1c(F)ccc(C)c1F)N1CCNCC1.Cl.Cl. The normalized spacial score (nSPS) is 16.4. The van der Waals surface area contributed by atoms with E-state index in [-0.39, 0.29) is 36.4 Å². The van der Waals surface area contributed by atoms with E-state index in [4.69, 9.17) is 0 Å². The highest BCUT2D eigenvalue weighted by atomic mass is 35.5. The van der Waals surface area contributed by atoms with Crippen molar-refractivity contribution in [2.24, 2.45) is 0 Å². The van der Waals surface area contributed by atoms with Gasteiger partial charge in [-0.05, 0) is 31.9 Å². The molecule has 0 amide bonds. The molecule has 1 saturated heterocycles. The van der Waals surface area contributed by atoms with E-state index >= 15 is 0 Å². The van der Waals surface area contributed by atoms with Gasteiger partial charge in [0, 0.05) is 37.8 Å². The Bertz CT molecular complexity index is 503. The van der Waals surface area contributed by atoms with E-state index in [9.17, 15) is 8.78 Å². The van der Waals surface area contributed by atoms with Crippen molar-refractivity contribution in [3.05, 3.63) is 47.0 Å². The largest absolute Gasteiger partial charge is 0.314 e. The Morgan fingerprint density at radius 2 is 1.86 bits per heavy atom. The van der Waals surface area contributed by atoms with Gasteiger partial charge in [-0.15, -0.1) is 31.4 Å². The highest BCUT2D eigenvalue weighted by Crippen LogP contribution is 2.32. The van der Waals surface area contributed by atoms with Crippen molar-refractivity contribution in [3.8, 4) is 0 Å². The predicted molar refractivity (Wildman–Crippen MR) is 92.2 cm³/mol. The van der Waals surface area contributed by atoms with Gasteiger partial charge in [-0.1, -0.05) is 11.6 Å². The lowest BCUT2D eigenvalue weighted by Crippen LogP contribution is -2.45. The lowest BCUT2D eigenvalue weighted by molar-refractivity contribution is 0.165. The molecule has 1 aliphatic heterocycles. The Labute approximate surface area is 143 Å². The summed E-state index contributed by atoms with van der Waals surface area (Å²) in [4.78, 5) is 2.14. The molecule has 0 spiro atoms. The zero-order chi connectivity index (χ0) is 14.7. The minimum absolute atomic E-state index is 0. The van der Waals surface area contributed by atoms with Crippen LogP contribution in [0.3, 0.4) is 0 Å². The lowest BCUT2D eigenvalue weighted by atomic mass is 9.95. The monoisotopic (exact) mass is 352 g/mol. The second-order valence-electron chi connectivity index (χ2n) is 5.55. The maximum absolute atomic E-state index is 14.4. The second-order valence-corrected chi connectivity index (χ2v) is 5.55. The summed E-state index contributed by atoms with van der Waals surface area (Å²) >= 11 is 0. The van der Waals surface area contributed by atoms with Gasteiger partial charge in [0.05, 0.1) is 0 Å². The van der Waals surface area contributed by atoms with Crippen molar-refractivity contribution in [1.29, 1.82) is 0 Å². The van der Waals surface area contributed by atoms with E-state index < -0.39 is 11.6 Å². The highest BCUT2D eigenvalue weighted by molar-refractivity contribution is 5.85. The molecule has 6 heteroatoms. The molecule has 0 bridgehead atoms. The summed E-state index contributed by atoms with van der Waals surface area (Å²) in [7, 11) is 0. The number of rotatable bonds is 4. The molecule has 1 N–H and O–H groups in total. The van der Waals surface area contributed by atoms with Gasteiger partial charge in [-0.25, -0.2) is 8.78 Å². The number of nitrogens with one attached hydrogen (secondary N) is 1. The van der Waals surface area contributed by atoms with E-state index in [1.54, 1.807) is 6.92 Å². The topological polar surface area (TPSA) is 15.3 Å². The van der Waals surface area contributed by atoms with Crippen molar-refractivity contribution in [3.63, 3.8) is 0 Å². The van der Waals surface area contributed by atoms with E-state index in [1.807, 2.05) is 6.92 Å². The van der Waals surface area contributed by atoms with Crippen LogP contribution in [0.1, 0.15) is 30.5 Å². The summed E-state index contributed by atoms with van der Waals surface area (Å²) in [5.74, 6) is -0.882. The fourth-order valence-corrected chi connectivity index (χ4v) is 2.72. The van der Waals surface area contributed by atoms with Crippen LogP contribution < -0.4 is 5.32 Å². The number of benzene rings is 1. The molecule has 0 saturated carbocycles. The third-order valence-corrected chi connectivity index (χ3v) is 3.79. The van der Waals surface area contributed by atoms with Crippen molar-refractivity contribution >= 4 is 24.8 Å². The lowest BCUT2D eigenvalue weighted by Gasteiger charge is -2.36. The molecule has 1 aromatic carbocycles. The molecule has 0 radical (unpaired) electrons. The van der Waals surface area contributed by atoms with Crippen molar-refractivity contribution in [2.75, 3.05) is 26.2 Å². The van der Waals surface area contributed by atoms with Crippen molar-refractivity contribution in [1.82, 2.24) is 10.2 Å². The fraction of sp³-hybridized carbons (Fsp3) is 0.500. The molecule has 22 heavy (non-hydrogen) atoms. The van der Waals surface area contributed by atoms with Crippen LogP contribution in [0.5, 0.6) is 0 Å². The zero-order valence-corrected chi connectivity index (χ0v) is 14.6. The molecule has 1 aliphatic rings. The van der Waals surface area contributed by atoms with Crippen molar-refractivity contribution < 1.29 is 8.78 Å². The van der Waals surface area contributed by atoms with E-state index in [2.05, 4.69) is 16.8 Å². The first kappa shape index (κ1) is 21.3. The first-order valence-corrected chi connectivity index (χ1v) is 7.04. The van der Waals surface area contributed by atoms with Gasteiger partial charge in [0.15, 0.2) is 0 Å². The van der Waals surface area contributed by atoms with Gasteiger partial charge in [-0.3, -0.25) is 4.90 Å². The third-order valence-electron chi connectivity index (χ3n) is 3.79. The average Bonchev–Trinajstić information content (AvgIpc) is 2.43. The van der Waals surface area contributed by atoms with Gasteiger partial charge in [0.2, 0.25) is 0 Å². The molecule has 0 unspecified atom stereocenters. The number of halogens is 4. The van der Waals surface area contributed by atoms with Crippen LogP contribution in [0, 0.1) is 18.6 Å². The van der Waals surface area contributed by atoms with Gasteiger partial charge in [-0.2, -0.15) is 0 Å². The molecular formula is C16H24Cl2F2N2. The Morgan fingerprint density at radius 1 is 1.27 bits per heavy atom. The molecule has 0 aromatic heterocycles. The number of nitrogens with zero attached hydrogens (tertiary/aromatic N) is 1. The van der Waals surface area contributed by atoms with E-state index in [0.717, 1.165) is 31.8 Å². The van der Waals surface area contributed by atoms with Crippen LogP contribution >= 0.6 is 24.8 Å². The summed E-state index contributed by atoms with van der Waals surface area (Å²) in [5, 5.41) is 3.26. The van der Waals surface area contributed by atoms with E-state index in [0.29, 0.717) is 12.0 Å². The van der Waals surface area contributed by atoms with Crippen LogP contribution in [0.15, 0.2) is 24.3 Å². The number of hydrogen-bond acceptors (Lipinski definition) is 2. The summed E-state index contributed by atoms with van der Waals surface area (Å²) in [5.41, 5.74) is 1.62. The third kappa shape index (κ3) is 4.92. The first-order chi connectivity index (χ1) is 9.50. The molecule has 1 fully saturated rings. The minimum Gasteiger partial charge on any atom is -0.314 e. The summed E-state index contributed by atoms with van der Waals surface area (Å²) in [6.07, 6.45) is 0.581. The molecule has 2 rings (SSSR count). The zero-order valence-electron chi connectivity index (χ0n) is 13.0. The maximum Gasteiger partial charge on any atom is 0.133 e. The minimum atomic E-state index is -0.460. The average molecular weight is 353 g/mol. The summed E-state index contributed by atoms with van der Waals surface area (Å²) in [6, 6.07) is 2.58. The highest BCUT2D eigenvalue weighted by Gasteiger charge is 2.28. The first-order valence-electron chi connectivity index (χ1n) is 7.04. The van der Waals surface area contributed by atoms with Crippen LogP contribution in [-0.2, 0) is 0 Å². The molecule has 1 aromatic rings. The fourth-order valence-electron chi connectivity index (χ4n) is 2.72. The van der Waals surface area contributed by atoms with Gasteiger partial charge < -0.3 is 5.32 Å². The number of aryl methyl sites for hydroxylation is 1. The molecule has 2 nitrogen and oxygen atoms in total. The Hall–Kier alpha value is -0.680. The number of hydrogen-bond donors (Lipinski definition) is 1. The Morgan fingerprint density at radius 3 is 2.41 bits per heavy atom. The maximum atomic E-state index is 14.4. The van der Waals surface area contributed by atoms with E-state index in [1.165, 1.54) is 12.1 Å². The molecule has 126 valence electrons. The summed E-state index contributed by atoms with van der Waals surface area (Å²) in [6.45, 7) is 10.8. The smallest absolute Gasteiger partial charge is 0.133 e. The Balaban J connectivity index is 0.00000220. The second kappa shape index (κ2) is 9.46. The van der Waals surface area contributed by atoms with Gasteiger partial charge >= 0.3 is 0 Å². The molecular weight excluding hydrogens is 329 g/mol. The molecule has 1 heterocycles. The summed E-state index contributed by atoms with van der Waals surface area (Å²) < 4.78 is 28.6. The molecule has 0 aliphatic carbocycles. The van der Waals surface area contributed by atoms with Crippen LogP contribution in [0.25, 0.3) is 0 Å². The van der Waals surface area contributed by atoms with Crippen LogP contribution in [0.2, 0.25) is 0 Å².